The molecule has 0 amide bonds. The third-order valence-corrected chi connectivity index (χ3v) is 4.59. The van der Waals surface area contributed by atoms with Gasteiger partial charge in [-0.2, -0.15) is 15.0 Å². The summed E-state index contributed by atoms with van der Waals surface area (Å²) >= 11 is 0. The Bertz CT molecular complexity index is 1230. The van der Waals surface area contributed by atoms with Gasteiger partial charge in [0.05, 0.1) is 30.6 Å². The van der Waals surface area contributed by atoms with Crippen molar-refractivity contribution in [3.05, 3.63) is 42.5 Å². The van der Waals surface area contributed by atoms with Gasteiger partial charge in [0.15, 0.2) is 11.5 Å². The van der Waals surface area contributed by atoms with Crippen molar-refractivity contribution in [2.24, 2.45) is 0 Å². The number of aliphatic hydroxyl groups excluding tert-OH is 1. The van der Waals surface area contributed by atoms with Gasteiger partial charge in [0.2, 0.25) is 0 Å². The summed E-state index contributed by atoms with van der Waals surface area (Å²) in [4.78, 5) is 8.92. The lowest BCUT2D eigenvalue weighted by Crippen LogP contribution is -2.12. The van der Waals surface area contributed by atoms with Crippen LogP contribution in [0.15, 0.2) is 36.9 Å². The monoisotopic (exact) mass is 403 g/mol. The molecule has 4 heterocycles. The third kappa shape index (κ3) is 3.58. The topological polar surface area (TPSA) is 130 Å². The van der Waals surface area contributed by atoms with Crippen LogP contribution < -0.4 is 5.32 Å². The van der Waals surface area contributed by atoms with E-state index in [9.17, 15) is 5.11 Å². The second-order valence-electron chi connectivity index (χ2n) is 7.31. The molecule has 0 spiro atoms. The highest BCUT2D eigenvalue weighted by atomic mass is 16.3. The Balaban J connectivity index is 1.79. The molecule has 0 aliphatic carbocycles. The van der Waals surface area contributed by atoms with E-state index in [2.05, 4.69) is 36.8 Å². The lowest BCUT2D eigenvalue weighted by atomic mass is 10.1. The first-order valence-corrected chi connectivity index (χ1v) is 9.54. The van der Waals surface area contributed by atoms with E-state index in [1.165, 1.54) is 6.20 Å². The highest BCUT2D eigenvalue weighted by Crippen LogP contribution is 2.29. The molecule has 4 rings (SSSR count). The van der Waals surface area contributed by atoms with Gasteiger partial charge in [-0.1, -0.05) is 5.21 Å². The molecule has 30 heavy (non-hydrogen) atoms. The van der Waals surface area contributed by atoms with E-state index in [4.69, 9.17) is 5.26 Å². The zero-order chi connectivity index (χ0) is 21.3. The van der Waals surface area contributed by atoms with Crippen LogP contribution >= 0.6 is 0 Å². The Morgan fingerprint density at radius 1 is 1.17 bits per heavy atom. The molecule has 152 valence electrons. The van der Waals surface area contributed by atoms with Crippen LogP contribution in [0.2, 0.25) is 0 Å². The number of pyridine rings is 2. The molecule has 0 saturated carbocycles. The SMILES string of the molecule is CC(C)Nc1cc(-n2ncc3cc(C#N)cnc32)ncc1-c1cn([C@H](C)CO)nn1. The Morgan fingerprint density at radius 3 is 2.73 bits per heavy atom. The van der Waals surface area contributed by atoms with E-state index in [0.717, 1.165) is 16.6 Å². The summed E-state index contributed by atoms with van der Waals surface area (Å²) < 4.78 is 3.26. The molecule has 0 aliphatic heterocycles. The number of anilines is 1. The van der Waals surface area contributed by atoms with Gasteiger partial charge in [-0.05, 0) is 26.8 Å². The summed E-state index contributed by atoms with van der Waals surface area (Å²) in [5.41, 5.74) is 3.37. The molecule has 1 atom stereocenters. The van der Waals surface area contributed by atoms with E-state index in [1.807, 2.05) is 26.8 Å². The predicted molar refractivity (Wildman–Crippen MR) is 111 cm³/mol. The molecule has 0 aromatic carbocycles. The number of nitrogens with one attached hydrogen (secondary N) is 1. The minimum atomic E-state index is -0.167. The Hall–Kier alpha value is -3.84. The lowest BCUT2D eigenvalue weighted by Gasteiger charge is -2.15. The van der Waals surface area contributed by atoms with E-state index in [-0.39, 0.29) is 18.7 Å². The fraction of sp³-hybridized carbons (Fsp3) is 0.300. The van der Waals surface area contributed by atoms with Crippen LogP contribution in [0.5, 0.6) is 0 Å². The van der Waals surface area contributed by atoms with Crippen LogP contribution in [-0.4, -0.2) is 52.5 Å². The third-order valence-electron chi connectivity index (χ3n) is 4.59. The summed E-state index contributed by atoms with van der Waals surface area (Å²) in [6.45, 7) is 5.93. The van der Waals surface area contributed by atoms with Crippen molar-refractivity contribution in [3.63, 3.8) is 0 Å². The molecule has 4 aromatic heterocycles. The van der Waals surface area contributed by atoms with E-state index < -0.39 is 0 Å². The largest absolute Gasteiger partial charge is 0.394 e. The maximum absolute atomic E-state index is 9.36. The predicted octanol–water partition coefficient (Wildman–Crippen LogP) is 2.32. The van der Waals surface area contributed by atoms with Gasteiger partial charge in [-0.25, -0.2) is 14.6 Å². The van der Waals surface area contributed by atoms with Crippen LogP contribution in [0.1, 0.15) is 32.4 Å². The van der Waals surface area contributed by atoms with Gasteiger partial charge in [-0.3, -0.25) is 0 Å². The average Bonchev–Trinajstić information content (AvgIpc) is 3.39. The van der Waals surface area contributed by atoms with Crippen LogP contribution in [0.4, 0.5) is 5.69 Å². The minimum Gasteiger partial charge on any atom is -0.394 e. The van der Waals surface area contributed by atoms with Crippen LogP contribution in [0, 0.1) is 11.3 Å². The smallest absolute Gasteiger partial charge is 0.164 e. The van der Waals surface area contributed by atoms with Crippen molar-refractivity contribution in [1.82, 2.24) is 34.7 Å². The summed E-state index contributed by atoms with van der Waals surface area (Å²) in [6.07, 6.45) is 6.69. The minimum absolute atomic E-state index is 0.0238. The van der Waals surface area contributed by atoms with E-state index >= 15 is 0 Å². The van der Waals surface area contributed by atoms with Gasteiger partial charge >= 0.3 is 0 Å². The molecule has 2 N–H and O–H groups in total. The van der Waals surface area contributed by atoms with Gasteiger partial charge in [-0.15, -0.1) is 5.10 Å². The number of aromatic nitrogens is 7. The first-order valence-electron chi connectivity index (χ1n) is 9.54. The quantitative estimate of drug-likeness (QED) is 0.501. The van der Waals surface area contributed by atoms with Crippen molar-refractivity contribution >= 4 is 16.7 Å². The zero-order valence-electron chi connectivity index (χ0n) is 16.9. The van der Waals surface area contributed by atoms with Crippen LogP contribution in [0.3, 0.4) is 0 Å². The molecule has 0 unspecified atom stereocenters. The summed E-state index contributed by atoms with van der Waals surface area (Å²) in [5.74, 6) is 0.588. The average molecular weight is 403 g/mol. The summed E-state index contributed by atoms with van der Waals surface area (Å²) in [6, 6.07) is 5.72. The second-order valence-corrected chi connectivity index (χ2v) is 7.31. The number of nitriles is 1. The number of hydrogen-bond donors (Lipinski definition) is 2. The molecular weight excluding hydrogens is 382 g/mol. The van der Waals surface area contributed by atoms with Gasteiger partial charge < -0.3 is 10.4 Å². The van der Waals surface area contributed by atoms with Crippen molar-refractivity contribution < 1.29 is 5.11 Å². The Morgan fingerprint density at radius 2 is 2.00 bits per heavy atom. The number of fused-ring (bicyclic) bond motifs is 1. The Labute approximate surface area is 172 Å². The van der Waals surface area contributed by atoms with Crippen molar-refractivity contribution in [2.75, 3.05) is 11.9 Å². The lowest BCUT2D eigenvalue weighted by molar-refractivity contribution is 0.228. The fourth-order valence-corrected chi connectivity index (χ4v) is 3.04. The Kier molecular flexibility index (Phi) is 5.12. The van der Waals surface area contributed by atoms with Gasteiger partial charge in [0, 0.05) is 41.1 Å². The molecule has 4 aromatic rings. The van der Waals surface area contributed by atoms with Crippen LogP contribution in [-0.2, 0) is 0 Å². The highest BCUT2D eigenvalue weighted by molar-refractivity contribution is 5.79. The second kappa shape index (κ2) is 7.88. The zero-order valence-corrected chi connectivity index (χ0v) is 16.9. The standard InChI is InChI=1S/C20H21N9O/c1-12(2)25-17-5-19(29-20-15(8-24-29)4-14(6-21)7-23-20)22-9-16(17)18-10-28(27-26-18)13(3)11-30/h4-5,7-10,12-13,30H,11H2,1-3H3,(H,22,25)/t13-/m1/s1. The van der Waals surface area contributed by atoms with E-state index in [1.54, 1.807) is 34.0 Å². The molecule has 10 heteroatoms. The molecule has 10 nitrogen and oxygen atoms in total. The summed E-state index contributed by atoms with van der Waals surface area (Å²) in [7, 11) is 0. The number of rotatable bonds is 6. The molecule has 0 bridgehead atoms. The molecule has 0 fully saturated rings. The summed E-state index contributed by atoms with van der Waals surface area (Å²) in [5, 5.41) is 35.4. The van der Waals surface area contributed by atoms with Crippen molar-refractivity contribution in [3.8, 4) is 23.1 Å². The van der Waals surface area contributed by atoms with Gasteiger partial charge in [0.25, 0.3) is 0 Å². The first-order chi connectivity index (χ1) is 14.5. The maximum atomic E-state index is 9.36. The number of aliphatic hydroxyl groups is 1. The van der Waals surface area contributed by atoms with Gasteiger partial charge in [0.1, 0.15) is 11.8 Å². The van der Waals surface area contributed by atoms with Crippen LogP contribution in [0.25, 0.3) is 28.1 Å². The number of hydrogen-bond acceptors (Lipinski definition) is 8. The fourth-order valence-electron chi connectivity index (χ4n) is 3.04. The normalized spacial score (nSPS) is 12.3. The maximum Gasteiger partial charge on any atom is 0.164 e. The van der Waals surface area contributed by atoms with Crippen molar-refractivity contribution in [1.29, 1.82) is 5.26 Å². The number of nitrogens with zero attached hydrogens (tertiary/aromatic N) is 8. The first kappa shape index (κ1) is 19.5. The van der Waals surface area contributed by atoms with E-state index in [0.29, 0.717) is 22.7 Å². The molecule has 0 saturated heterocycles. The highest BCUT2D eigenvalue weighted by Gasteiger charge is 2.16. The van der Waals surface area contributed by atoms with Crippen molar-refractivity contribution in [2.45, 2.75) is 32.9 Å². The molecule has 0 aliphatic rings. The molecular formula is C20H21N9O. The molecule has 0 radical (unpaired) electrons.